The molecule has 2 aliphatic rings. The van der Waals surface area contributed by atoms with Crippen LogP contribution in [0.4, 0.5) is 0 Å². The average Bonchev–Trinajstić information content (AvgIpc) is 3.42. The molecule has 0 unspecified atom stereocenters. The van der Waals surface area contributed by atoms with Gasteiger partial charge in [0.25, 0.3) is 0 Å². The molecule has 4 heterocycles. The number of hydrogen-bond acceptors (Lipinski definition) is 7. The van der Waals surface area contributed by atoms with Crippen LogP contribution in [-0.2, 0) is 26.0 Å². The zero-order valence-electron chi connectivity index (χ0n) is 18.5. The van der Waals surface area contributed by atoms with Gasteiger partial charge >= 0.3 is 0 Å². The Bertz CT molecular complexity index is 1050. The van der Waals surface area contributed by atoms with Gasteiger partial charge in [0, 0.05) is 49.4 Å². The van der Waals surface area contributed by atoms with Crippen LogP contribution in [0.1, 0.15) is 34.6 Å². The van der Waals surface area contributed by atoms with Crippen LogP contribution in [0, 0.1) is 13.8 Å². The number of carbonyl (C=O) groups excluding carboxylic acids is 1. The van der Waals surface area contributed by atoms with Gasteiger partial charge in [-0.15, -0.1) is 0 Å². The molecule has 2 aromatic heterocycles. The number of aryl methyl sites for hydroxylation is 1. The van der Waals surface area contributed by atoms with Gasteiger partial charge in [-0.05, 0) is 44.9 Å². The van der Waals surface area contributed by atoms with Crippen molar-refractivity contribution in [3.8, 4) is 0 Å². The summed E-state index contributed by atoms with van der Waals surface area (Å²) in [5.41, 5.74) is 2.74. The number of carbonyl (C=O) groups is 1. The monoisotopic (exact) mass is 479 g/mol. The molecular weight excluding hydrogens is 450 g/mol. The van der Waals surface area contributed by atoms with E-state index in [9.17, 15) is 13.2 Å². The Morgan fingerprint density at radius 2 is 2.00 bits per heavy atom. The van der Waals surface area contributed by atoms with Gasteiger partial charge in [-0.25, -0.2) is 13.4 Å². The Kier molecular flexibility index (Phi) is 7.36. The number of aromatic nitrogens is 2. The maximum absolute atomic E-state index is 12.9. The summed E-state index contributed by atoms with van der Waals surface area (Å²) in [5.74, 6) is 0.278. The minimum absolute atomic E-state index is 0.0357. The quantitative estimate of drug-likeness (QED) is 0.425. The zero-order valence-corrected chi connectivity index (χ0v) is 20.1. The van der Waals surface area contributed by atoms with E-state index in [4.69, 9.17) is 9.47 Å². The van der Waals surface area contributed by atoms with Crippen molar-refractivity contribution in [2.45, 2.75) is 49.3 Å². The van der Waals surface area contributed by atoms with Crippen molar-refractivity contribution in [3.63, 3.8) is 0 Å². The third-order valence-electron chi connectivity index (χ3n) is 5.95. The van der Waals surface area contributed by atoms with E-state index >= 15 is 0 Å². The molecule has 1 atom stereocenters. The minimum atomic E-state index is -3.57. The number of pyridine rings is 1. The van der Waals surface area contributed by atoms with E-state index in [2.05, 4.69) is 9.55 Å². The summed E-state index contributed by atoms with van der Waals surface area (Å²) in [7, 11) is -3.57. The second kappa shape index (κ2) is 10.0. The van der Waals surface area contributed by atoms with Crippen molar-refractivity contribution >= 4 is 27.6 Å². The largest absolute Gasteiger partial charge is 0.379 e. The Balaban J connectivity index is 1.38. The van der Waals surface area contributed by atoms with Gasteiger partial charge in [-0.1, -0.05) is 11.8 Å². The predicted molar refractivity (Wildman–Crippen MR) is 122 cm³/mol. The Morgan fingerprint density at radius 3 is 2.66 bits per heavy atom. The molecule has 0 saturated carbocycles. The molecule has 0 aliphatic carbocycles. The number of nitrogens with zero attached hydrogens (tertiary/aromatic N) is 3. The van der Waals surface area contributed by atoms with Gasteiger partial charge in [0.2, 0.25) is 10.0 Å². The number of rotatable bonds is 8. The number of ether oxygens (including phenoxy) is 2. The lowest BCUT2D eigenvalue weighted by molar-refractivity contribution is 0.0730. The fraction of sp³-hybridized carbons (Fsp3) is 0.545. The van der Waals surface area contributed by atoms with Crippen molar-refractivity contribution < 1.29 is 22.7 Å². The summed E-state index contributed by atoms with van der Waals surface area (Å²) in [6.45, 7) is 7.07. The van der Waals surface area contributed by atoms with Crippen LogP contribution in [0.3, 0.4) is 0 Å². The minimum Gasteiger partial charge on any atom is -0.379 e. The molecule has 32 heavy (non-hydrogen) atoms. The molecule has 0 N–H and O–H groups in total. The molecule has 4 rings (SSSR count). The normalized spacial score (nSPS) is 20.0. The molecule has 0 aromatic carbocycles. The van der Waals surface area contributed by atoms with Crippen molar-refractivity contribution in [2.24, 2.45) is 0 Å². The Labute approximate surface area is 193 Å². The van der Waals surface area contributed by atoms with Gasteiger partial charge in [0.15, 0.2) is 5.78 Å². The summed E-state index contributed by atoms with van der Waals surface area (Å²) in [4.78, 5) is 17.3. The molecule has 0 spiro atoms. The maximum Gasteiger partial charge on any atom is 0.244 e. The van der Waals surface area contributed by atoms with Crippen LogP contribution < -0.4 is 0 Å². The number of Topliss-reactive ketones (excluding diaryl/α,β-unsaturated/α-hetero) is 1. The van der Waals surface area contributed by atoms with Crippen LogP contribution in [0.2, 0.25) is 0 Å². The molecule has 2 saturated heterocycles. The number of morpholine rings is 1. The highest BCUT2D eigenvalue weighted by Crippen LogP contribution is 2.24. The Morgan fingerprint density at radius 1 is 1.22 bits per heavy atom. The molecule has 2 aromatic rings. The molecule has 0 amide bonds. The van der Waals surface area contributed by atoms with E-state index in [0.717, 1.165) is 42.9 Å². The topological polar surface area (TPSA) is 90.7 Å². The molecular formula is C22H29N3O5S2. The lowest BCUT2D eigenvalue weighted by Crippen LogP contribution is -2.40. The number of ketones is 1. The third kappa shape index (κ3) is 5.09. The van der Waals surface area contributed by atoms with Crippen LogP contribution in [-0.4, -0.2) is 72.8 Å². The lowest BCUT2D eigenvalue weighted by atomic mass is 10.2. The number of sulfonamides is 1. The van der Waals surface area contributed by atoms with Crippen LogP contribution in [0.25, 0.3) is 0 Å². The summed E-state index contributed by atoms with van der Waals surface area (Å²) >= 11 is 1.31. The second-order valence-electron chi connectivity index (χ2n) is 8.09. The van der Waals surface area contributed by atoms with Crippen molar-refractivity contribution in [1.29, 1.82) is 0 Å². The summed E-state index contributed by atoms with van der Waals surface area (Å²) in [5, 5.41) is 0.618. The van der Waals surface area contributed by atoms with E-state index < -0.39 is 10.0 Å². The lowest BCUT2D eigenvalue weighted by Gasteiger charge is -2.25. The number of thioether (sulfide) groups is 1. The molecule has 0 radical (unpaired) electrons. The SMILES string of the molecule is Cc1cc(C(=O)CSc2ccc(S(=O)(=O)N3CCOCC3)cn2)c(C)n1C[C@@H]1CCCO1. The highest BCUT2D eigenvalue weighted by Gasteiger charge is 2.26. The second-order valence-corrected chi connectivity index (χ2v) is 11.0. The highest BCUT2D eigenvalue weighted by atomic mass is 32.2. The first-order valence-electron chi connectivity index (χ1n) is 10.8. The maximum atomic E-state index is 12.9. The van der Waals surface area contributed by atoms with Crippen molar-refractivity contribution in [3.05, 3.63) is 41.3 Å². The van der Waals surface area contributed by atoms with Gasteiger partial charge in [0.05, 0.1) is 30.1 Å². The summed E-state index contributed by atoms with van der Waals surface area (Å²) in [6.07, 6.45) is 3.73. The van der Waals surface area contributed by atoms with E-state index in [1.807, 2.05) is 19.9 Å². The van der Waals surface area contributed by atoms with Crippen molar-refractivity contribution in [2.75, 3.05) is 38.7 Å². The van der Waals surface area contributed by atoms with Crippen LogP contribution in [0.5, 0.6) is 0 Å². The van der Waals surface area contributed by atoms with Gasteiger partial charge in [-0.2, -0.15) is 4.31 Å². The van der Waals surface area contributed by atoms with E-state index in [1.165, 1.54) is 22.3 Å². The van der Waals surface area contributed by atoms with Gasteiger partial charge in [-0.3, -0.25) is 4.79 Å². The van der Waals surface area contributed by atoms with E-state index in [1.54, 1.807) is 12.1 Å². The average molecular weight is 480 g/mol. The first-order chi connectivity index (χ1) is 15.4. The van der Waals surface area contributed by atoms with Crippen LogP contribution in [0.15, 0.2) is 34.3 Å². The summed E-state index contributed by atoms with van der Waals surface area (Å²) in [6, 6.07) is 5.16. The third-order valence-corrected chi connectivity index (χ3v) is 8.78. The van der Waals surface area contributed by atoms with Crippen LogP contribution >= 0.6 is 11.8 Å². The van der Waals surface area contributed by atoms with Gasteiger partial charge in [0.1, 0.15) is 4.90 Å². The van der Waals surface area contributed by atoms with E-state index in [-0.39, 0.29) is 22.5 Å². The highest BCUT2D eigenvalue weighted by molar-refractivity contribution is 7.99. The molecule has 2 aliphatic heterocycles. The Hall–Kier alpha value is -1.72. The molecule has 10 heteroatoms. The molecule has 8 nitrogen and oxygen atoms in total. The summed E-state index contributed by atoms with van der Waals surface area (Å²) < 4.78 is 40.0. The smallest absolute Gasteiger partial charge is 0.244 e. The fourth-order valence-electron chi connectivity index (χ4n) is 4.11. The standard InChI is InChI=1S/C22H29N3O5S2/c1-16-12-20(17(2)25(16)14-18-4-3-9-30-18)21(26)15-31-22-6-5-19(13-23-22)32(27,28)24-7-10-29-11-8-24/h5-6,12-13,18H,3-4,7-11,14-15H2,1-2H3/t18-/m0/s1. The van der Waals surface area contributed by atoms with E-state index in [0.29, 0.717) is 31.3 Å². The predicted octanol–water partition coefficient (Wildman–Crippen LogP) is 2.67. The van der Waals surface area contributed by atoms with Crippen molar-refractivity contribution in [1.82, 2.24) is 13.9 Å². The molecule has 2 fully saturated rings. The zero-order chi connectivity index (χ0) is 22.7. The fourth-order valence-corrected chi connectivity index (χ4v) is 6.19. The first kappa shape index (κ1) is 23.4. The number of hydrogen-bond donors (Lipinski definition) is 0. The first-order valence-corrected chi connectivity index (χ1v) is 13.3. The molecule has 0 bridgehead atoms. The van der Waals surface area contributed by atoms with Gasteiger partial charge < -0.3 is 14.0 Å². The molecule has 174 valence electrons.